The molecule has 0 heterocycles. The summed E-state index contributed by atoms with van der Waals surface area (Å²) >= 11 is 0. The molecule has 5 nitrogen and oxygen atoms in total. The van der Waals surface area contributed by atoms with Crippen molar-refractivity contribution in [2.24, 2.45) is 0 Å². The monoisotopic (exact) mass is 475 g/mol. The lowest BCUT2D eigenvalue weighted by Gasteiger charge is -2.19. The molecule has 0 bridgehead atoms. The van der Waals surface area contributed by atoms with Gasteiger partial charge in [0.2, 0.25) is 0 Å². The zero-order valence-electron chi connectivity index (χ0n) is 21.2. The minimum atomic E-state index is -0.529. The zero-order valence-corrected chi connectivity index (χ0v) is 21.2. The number of methoxy groups -OCH3 is 1. The second kappa shape index (κ2) is 13.7. The Morgan fingerprint density at radius 3 is 1.89 bits per heavy atom. The van der Waals surface area contributed by atoms with Crippen molar-refractivity contribution < 1.29 is 19.3 Å². The summed E-state index contributed by atoms with van der Waals surface area (Å²) in [5.41, 5.74) is 5.86. The number of hydrogen-bond donors (Lipinski definition) is 1. The van der Waals surface area contributed by atoms with E-state index in [0.29, 0.717) is 6.54 Å². The topological polar surface area (TPSA) is 51.2 Å². The summed E-state index contributed by atoms with van der Waals surface area (Å²) in [5, 5.41) is 10.2. The molecule has 0 aliphatic carbocycles. The maximum Gasteiger partial charge on any atom is 0.188 e. The third-order valence-electron chi connectivity index (χ3n) is 5.91. The van der Waals surface area contributed by atoms with Gasteiger partial charge in [-0.3, -0.25) is 0 Å². The fourth-order valence-corrected chi connectivity index (χ4v) is 3.98. The second-order valence-electron chi connectivity index (χ2n) is 8.49. The Bertz CT molecular complexity index is 1050. The van der Waals surface area contributed by atoms with Crippen LogP contribution in [-0.4, -0.2) is 56.8 Å². The van der Waals surface area contributed by atoms with E-state index < -0.39 is 6.10 Å². The first kappa shape index (κ1) is 26.5. The molecule has 3 aromatic carbocycles. The number of aliphatic hydroxyl groups excluding tert-OH is 1. The number of nitrogens with zero attached hydrogens (tertiary/aromatic N) is 1. The Balaban J connectivity index is 1.90. The van der Waals surface area contributed by atoms with Crippen molar-refractivity contribution in [1.82, 2.24) is 4.90 Å². The highest BCUT2D eigenvalue weighted by Gasteiger charge is 2.14. The summed E-state index contributed by atoms with van der Waals surface area (Å²) in [6.45, 7) is 6.21. The third-order valence-corrected chi connectivity index (χ3v) is 5.91. The third kappa shape index (κ3) is 7.69. The largest absolute Gasteiger partial charge is 0.491 e. The van der Waals surface area contributed by atoms with Crippen molar-refractivity contribution >= 4 is 11.1 Å². The lowest BCUT2D eigenvalue weighted by molar-refractivity contribution is 0.0511. The SMILES string of the molecule is CCC(=C(c1ccc(OCOC)cc1)c1ccc(OCC(O)CN(C)CC)cc1)c1ccccc1. The quantitative estimate of drug-likeness (QED) is 0.253. The van der Waals surface area contributed by atoms with Crippen LogP contribution in [0.5, 0.6) is 11.5 Å². The summed E-state index contributed by atoms with van der Waals surface area (Å²) in [4.78, 5) is 2.07. The number of benzene rings is 3. The van der Waals surface area contributed by atoms with Crippen molar-refractivity contribution in [3.63, 3.8) is 0 Å². The Labute approximate surface area is 209 Å². The van der Waals surface area contributed by atoms with Crippen molar-refractivity contribution in [1.29, 1.82) is 0 Å². The molecule has 186 valence electrons. The highest BCUT2D eigenvalue weighted by Crippen LogP contribution is 2.35. The number of aliphatic hydroxyl groups is 1. The smallest absolute Gasteiger partial charge is 0.188 e. The van der Waals surface area contributed by atoms with Gasteiger partial charge in [-0.1, -0.05) is 68.4 Å². The van der Waals surface area contributed by atoms with Gasteiger partial charge in [0.05, 0.1) is 0 Å². The Morgan fingerprint density at radius 1 is 0.800 bits per heavy atom. The van der Waals surface area contributed by atoms with Gasteiger partial charge < -0.3 is 24.2 Å². The van der Waals surface area contributed by atoms with Crippen LogP contribution in [0.2, 0.25) is 0 Å². The molecule has 0 aromatic heterocycles. The fourth-order valence-electron chi connectivity index (χ4n) is 3.98. The van der Waals surface area contributed by atoms with Crippen molar-refractivity contribution in [2.45, 2.75) is 26.4 Å². The predicted molar refractivity (Wildman–Crippen MR) is 143 cm³/mol. The van der Waals surface area contributed by atoms with Crippen molar-refractivity contribution in [3.05, 3.63) is 95.6 Å². The number of rotatable bonds is 13. The summed E-state index contributed by atoms with van der Waals surface area (Å²) < 4.78 is 16.5. The Kier molecular flexibility index (Phi) is 10.4. The first-order valence-corrected chi connectivity index (χ1v) is 12.2. The average molecular weight is 476 g/mol. The van der Waals surface area contributed by atoms with Crippen LogP contribution < -0.4 is 9.47 Å². The van der Waals surface area contributed by atoms with Gasteiger partial charge >= 0.3 is 0 Å². The van der Waals surface area contributed by atoms with Gasteiger partial charge in [0.15, 0.2) is 6.79 Å². The highest BCUT2D eigenvalue weighted by atomic mass is 16.7. The first-order valence-electron chi connectivity index (χ1n) is 12.2. The molecule has 0 spiro atoms. The molecular weight excluding hydrogens is 438 g/mol. The minimum absolute atomic E-state index is 0.219. The molecule has 3 aromatic rings. The fraction of sp³-hybridized carbons (Fsp3) is 0.333. The molecule has 0 aliphatic heterocycles. The highest BCUT2D eigenvalue weighted by molar-refractivity contribution is 5.98. The van der Waals surface area contributed by atoms with E-state index in [-0.39, 0.29) is 13.4 Å². The molecule has 1 atom stereocenters. The van der Waals surface area contributed by atoms with Crippen LogP contribution >= 0.6 is 0 Å². The van der Waals surface area contributed by atoms with Crippen LogP contribution in [0.1, 0.15) is 37.0 Å². The standard InChI is InChI=1S/C30H37NO4/c1-5-29(23-10-8-7-9-11-23)30(25-14-18-28(19-15-25)35-22-33-4)24-12-16-27(17-13-24)34-21-26(32)20-31(3)6-2/h7-19,26,32H,5-6,20-22H2,1-4H3. The number of allylic oxidation sites excluding steroid dienone is 1. The van der Waals surface area contributed by atoms with Crippen LogP contribution in [0.15, 0.2) is 78.9 Å². The summed E-state index contributed by atoms with van der Waals surface area (Å²) in [5.74, 6) is 1.51. The van der Waals surface area contributed by atoms with Gasteiger partial charge in [0.1, 0.15) is 24.2 Å². The van der Waals surface area contributed by atoms with E-state index in [1.165, 1.54) is 16.7 Å². The minimum Gasteiger partial charge on any atom is -0.491 e. The molecule has 0 amide bonds. The van der Waals surface area contributed by atoms with Crippen LogP contribution in [0.25, 0.3) is 11.1 Å². The molecule has 1 unspecified atom stereocenters. The lowest BCUT2D eigenvalue weighted by Crippen LogP contribution is -2.32. The Morgan fingerprint density at radius 2 is 1.37 bits per heavy atom. The molecule has 5 heteroatoms. The zero-order chi connectivity index (χ0) is 25.0. The van der Waals surface area contributed by atoms with Gasteiger partial charge in [-0.25, -0.2) is 0 Å². The molecule has 1 N–H and O–H groups in total. The van der Waals surface area contributed by atoms with Crippen LogP contribution in [0, 0.1) is 0 Å². The maximum absolute atomic E-state index is 10.2. The van der Waals surface area contributed by atoms with E-state index in [2.05, 4.69) is 67.3 Å². The molecule has 0 saturated carbocycles. The van der Waals surface area contributed by atoms with Gasteiger partial charge in [0.25, 0.3) is 0 Å². The van der Waals surface area contributed by atoms with Crippen LogP contribution in [0.3, 0.4) is 0 Å². The molecule has 0 saturated heterocycles. The van der Waals surface area contributed by atoms with E-state index in [0.717, 1.165) is 35.6 Å². The van der Waals surface area contributed by atoms with Gasteiger partial charge in [0, 0.05) is 13.7 Å². The molecule has 0 radical (unpaired) electrons. The van der Waals surface area contributed by atoms with E-state index in [1.54, 1.807) is 7.11 Å². The second-order valence-corrected chi connectivity index (χ2v) is 8.49. The van der Waals surface area contributed by atoms with Crippen LogP contribution in [0.4, 0.5) is 0 Å². The van der Waals surface area contributed by atoms with Crippen molar-refractivity contribution in [3.8, 4) is 11.5 Å². The Hall–Kier alpha value is -3.12. The molecule has 35 heavy (non-hydrogen) atoms. The van der Waals surface area contributed by atoms with Gasteiger partial charge in [-0.05, 0) is 72.1 Å². The number of hydrogen-bond acceptors (Lipinski definition) is 5. The maximum atomic E-state index is 10.2. The van der Waals surface area contributed by atoms with E-state index in [9.17, 15) is 5.11 Å². The molecule has 3 rings (SSSR count). The molecule has 0 aliphatic rings. The number of ether oxygens (including phenoxy) is 3. The van der Waals surface area contributed by atoms with Gasteiger partial charge in [-0.15, -0.1) is 0 Å². The van der Waals surface area contributed by atoms with E-state index in [1.807, 2.05) is 37.4 Å². The lowest BCUT2D eigenvalue weighted by atomic mass is 9.88. The predicted octanol–water partition coefficient (Wildman–Crippen LogP) is 5.73. The van der Waals surface area contributed by atoms with Crippen LogP contribution in [-0.2, 0) is 4.74 Å². The average Bonchev–Trinajstić information content (AvgIpc) is 2.90. The van der Waals surface area contributed by atoms with E-state index >= 15 is 0 Å². The van der Waals surface area contributed by atoms with Crippen molar-refractivity contribution in [2.75, 3.05) is 40.6 Å². The number of likely N-dealkylation sites (N-methyl/N-ethyl adjacent to an activating group) is 1. The van der Waals surface area contributed by atoms with E-state index in [4.69, 9.17) is 14.2 Å². The summed E-state index contributed by atoms with van der Waals surface area (Å²) in [7, 11) is 3.60. The van der Waals surface area contributed by atoms with Gasteiger partial charge in [-0.2, -0.15) is 0 Å². The summed E-state index contributed by atoms with van der Waals surface area (Å²) in [6, 6.07) is 26.7. The molecular formula is C30H37NO4. The molecule has 0 fully saturated rings. The first-order chi connectivity index (χ1) is 17.0. The normalized spacial score (nSPS) is 12.9. The summed E-state index contributed by atoms with van der Waals surface area (Å²) in [6.07, 6.45) is 0.357.